The van der Waals surface area contributed by atoms with Crippen molar-refractivity contribution in [2.24, 2.45) is 5.92 Å². The van der Waals surface area contributed by atoms with E-state index in [1.54, 1.807) is 29.2 Å². The minimum atomic E-state index is -0.283. The van der Waals surface area contributed by atoms with Crippen molar-refractivity contribution in [3.05, 3.63) is 89.4 Å². The standard InChI is InChI=1S/C25H23ClN2O3/c26-20-14-12-18(13-15-20)25(30)28-16-6-7-19(17-28)24(29)27-22-10-4-5-11-23(22)31-21-8-2-1-3-9-21/h1-5,8-15,19H,6-7,16-17H2,(H,27,29). The van der Waals surface area contributed by atoms with Crippen molar-refractivity contribution < 1.29 is 14.3 Å². The molecule has 6 heteroatoms. The van der Waals surface area contributed by atoms with Gasteiger partial charge in [-0.3, -0.25) is 9.59 Å². The maximum Gasteiger partial charge on any atom is 0.253 e. The normalized spacial score (nSPS) is 15.9. The second kappa shape index (κ2) is 9.67. The molecule has 1 saturated heterocycles. The van der Waals surface area contributed by atoms with E-state index in [1.807, 2.05) is 54.6 Å². The first-order valence-corrected chi connectivity index (χ1v) is 10.7. The summed E-state index contributed by atoms with van der Waals surface area (Å²) in [5.41, 5.74) is 1.18. The van der Waals surface area contributed by atoms with Gasteiger partial charge < -0.3 is 15.0 Å². The summed E-state index contributed by atoms with van der Waals surface area (Å²) in [6, 6.07) is 23.6. The number of piperidine rings is 1. The monoisotopic (exact) mass is 434 g/mol. The number of amides is 2. The molecule has 0 radical (unpaired) electrons. The Morgan fingerprint density at radius 2 is 1.65 bits per heavy atom. The van der Waals surface area contributed by atoms with Gasteiger partial charge in [0.1, 0.15) is 5.75 Å². The lowest BCUT2D eigenvalue weighted by Gasteiger charge is -2.32. The highest BCUT2D eigenvalue weighted by Gasteiger charge is 2.29. The predicted octanol–water partition coefficient (Wildman–Crippen LogP) is 5.62. The Morgan fingerprint density at radius 3 is 2.42 bits per heavy atom. The molecule has 158 valence electrons. The number of carbonyl (C=O) groups excluding carboxylic acids is 2. The summed E-state index contributed by atoms with van der Waals surface area (Å²) in [4.78, 5) is 27.6. The number of nitrogens with one attached hydrogen (secondary N) is 1. The molecule has 1 fully saturated rings. The van der Waals surface area contributed by atoms with Crippen LogP contribution in [0.1, 0.15) is 23.2 Å². The maximum atomic E-state index is 13.0. The summed E-state index contributed by atoms with van der Waals surface area (Å²) in [5, 5.41) is 3.57. The number of anilines is 1. The Labute approximate surface area is 186 Å². The van der Waals surface area contributed by atoms with E-state index < -0.39 is 0 Å². The molecule has 31 heavy (non-hydrogen) atoms. The van der Waals surface area contributed by atoms with Crippen LogP contribution in [0.25, 0.3) is 0 Å². The summed E-state index contributed by atoms with van der Waals surface area (Å²) in [5.74, 6) is 0.794. The fourth-order valence-electron chi connectivity index (χ4n) is 3.66. The van der Waals surface area contributed by atoms with Crippen LogP contribution in [0, 0.1) is 5.92 Å². The van der Waals surface area contributed by atoms with Crippen LogP contribution in [0.3, 0.4) is 0 Å². The number of likely N-dealkylation sites (tertiary alicyclic amines) is 1. The molecule has 1 aliphatic rings. The van der Waals surface area contributed by atoms with E-state index in [-0.39, 0.29) is 17.7 Å². The molecule has 0 aromatic heterocycles. The SMILES string of the molecule is O=C(Nc1ccccc1Oc1ccccc1)C1CCCN(C(=O)c2ccc(Cl)cc2)C1. The van der Waals surface area contributed by atoms with Crippen LogP contribution in [0.4, 0.5) is 5.69 Å². The Kier molecular flexibility index (Phi) is 6.53. The Bertz CT molecular complexity index is 1050. The van der Waals surface area contributed by atoms with E-state index in [2.05, 4.69) is 5.32 Å². The molecular weight excluding hydrogens is 412 g/mol. The fraction of sp³-hybridized carbons (Fsp3) is 0.200. The van der Waals surface area contributed by atoms with E-state index in [9.17, 15) is 9.59 Å². The molecule has 3 aromatic carbocycles. The quantitative estimate of drug-likeness (QED) is 0.566. The van der Waals surface area contributed by atoms with Crippen molar-refractivity contribution in [2.75, 3.05) is 18.4 Å². The van der Waals surface area contributed by atoms with Gasteiger partial charge in [0.2, 0.25) is 5.91 Å². The topological polar surface area (TPSA) is 58.6 Å². The molecule has 0 spiro atoms. The van der Waals surface area contributed by atoms with Crippen molar-refractivity contribution >= 4 is 29.1 Å². The predicted molar refractivity (Wildman–Crippen MR) is 122 cm³/mol. The van der Waals surface area contributed by atoms with Gasteiger partial charge in [-0.15, -0.1) is 0 Å². The highest BCUT2D eigenvalue weighted by atomic mass is 35.5. The second-order valence-corrected chi connectivity index (χ2v) is 7.93. The van der Waals surface area contributed by atoms with Crippen LogP contribution in [0.5, 0.6) is 11.5 Å². The third-order valence-corrected chi connectivity index (χ3v) is 5.54. The molecule has 4 rings (SSSR count). The molecule has 1 atom stereocenters. The summed E-state index contributed by atoms with van der Waals surface area (Å²) in [6.07, 6.45) is 1.51. The van der Waals surface area contributed by atoms with E-state index in [0.717, 1.165) is 12.8 Å². The highest BCUT2D eigenvalue weighted by molar-refractivity contribution is 6.30. The number of nitrogens with zero attached hydrogens (tertiary/aromatic N) is 1. The first kappa shape index (κ1) is 20.9. The van der Waals surface area contributed by atoms with Gasteiger partial charge in [0.25, 0.3) is 5.91 Å². The molecule has 2 amide bonds. The van der Waals surface area contributed by atoms with Gasteiger partial charge in [0.05, 0.1) is 11.6 Å². The van der Waals surface area contributed by atoms with Gasteiger partial charge in [0.15, 0.2) is 5.75 Å². The number of hydrogen-bond acceptors (Lipinski definition) is 3. The summed E-state index contributed by atoms with van der Waals surface area (Å²) in [7, 11) is 0. The maximum absolute atomic E-state index is 13.0. The van der Waals surface area contributed by atoms with Crippen LogP contribution in [0.2, 0.25) is 5.02 Å². The van der Waals surface area contributed by atoms with Crippen LogP contribution in [0.15, 0.2) is 78.9 Å². The molecule has 0 aliphatic carbocycles. The molecule has 0 saturated carbocycles. The van der Waals surface area contributed by atoms with Gasteiger partial charge in [0, 0.05) is 23.7 Å². The van der Waals surface area contributed by atoms with Gasteiger partial charge in [-0.1, -0.05) is 41.9 Å². The number of para-hydroxylation sites is 3. The Morgan fingerprint density at radius 1 is 0.935 bits per heavy atom. The van der Waals surface area contributed by atoms with Crippen molar-refractivity contribution in [3.8, 4) is 11.5 Å². The van der Waals surface area contributed by atoms with E-state index >= 15 is 0 Å². The van der Waals surface area contributed by atoms with Crippen LogP contribution in [-0.2, 0) is 4.79 Å². The first-order chi connectivity index (χ1) is 15.1. The van der Waals surface area contributed by atoms with Gasteiger partial charge in [-0.2, -0.15) is 0 Å². The average molecular weight is 435 g/mol. The minimum absolute atomic E-state index is 0.0815. The number of halogens is 1. The number of benzene rings is 3. The highest BCUT2D eigenvalue weighted by Crippen LogP contribution is 2.30. The molecule has 3 aromatic rings. The molecule has 0 bridgehead atoms. The van der Waals surface area contributed by atoms with Crippen LogP contribution >= 0.6 is 11.6 Å². The average Bonchev–Trinajstić information content (AvgIpc) is 2.81. The number of hydrogen-bond donors (Lipinski definition) is 1. The summed E-state index contributed by atoms with van der Waals surface area (Å²) < 4.78 is 5.93. The third kappa shape index (κ3) is 5.25. The van der Waals surface area contributed by atoms with Gasteiger partial charge in [-0.05, 0) is 61.4 Å². The number of carbonyl (C=O) groups is 2. The Balaban J connectivity index is 1.43. The smallest absolute Gasteiger partial charge is 0.253 e. The molecule has 1 unspecified atom stereocenters. The number of rotatable bonds is 5. The zero-order valence-corrected chi connectivity index (χ0v) is 17.7. The van der Waals surface area contributed by atoms with Crippen LogP contribution in [-0.4, -0.2) is 29.8 Å². The zero-order chi connectivity index (χ0) is 21.6. The van der Waals surface area contributed by atoms with Gasteiger partial charge >= 0.3 is 0 Å². The lowest BCUT2D eigenvalue weighted by Crippen LogP contribution is -2.43. The number of ether oxygens (including phenoxy) is 1. The largest absolute Gasteiger partial charge is 0.455 e. The minimum Gasteiger partial charge on any atom is -0.455 e. The van der Waals surface area contributed by atoms with E-state index in [4.69, 9.17) is 16.3 Å². The van der Waals surface area contributed by atoms with E-state index in [1.165, 1.54) is 0 Å². The first-order valence-electron chi connectivity index (χ1n) is 10.3. The lowest BCUT2D eigenvalue weighted by atomic mass is 9.96. The molecule has 1 heterocycles. The molecule has 5 nitrogen and oxygen atoms in total. The van der Waals surface area contributed by atoms with Crippen LogP contribution < -0.4 is 10.1 Å². The lowest BCUT2D eigenvalue weighted by molar-refractivity contribution is -0.121. The van der Waals surface area contributed by atoms with Crippen molar-refractivity contribution in [1.82, 2.24) is 4.90 Å². The fourth-order valence-corrected chi connectivity index (χ4v) is 3.79. The Hall–Kier alpha value is -3.31. The molecule has 1 N–H and O–H groups in total. The van der Waals surface area contributed by atoms with Crippen molar-refractivity contribution in [1.29, 1.82) is 0 Å². The molecule has 1 aliphatic heterocycles. The molecular formula is C25H23ClN2O3. The van der Waals surface area contributed by atoms with E-state index in [0.29, 0.717) is 40.9 Å². The van der Waals surface area contributed by atoms with Crippen molar-refractivity contribution in [2.45, 2.75) is 12.8 Å². The summed E-state index contributed by atoms with van der Waals surface area (Å²) in [6.45, 7) is 1.02. The second-order valence-electron chi connectivity index (χ2n) is 7.50. The zero-order valence-electron chi connectivity index (χ0n) is 17.0. The summed E-state index contributed by atoms with van der Waals surface area (Å²) >= 11 is 5.92. The third-order valence-electron chi connectivity index (χ3n) is 5.29. The van der Waals surface area contributed by atoms with Gasteiger partial charge in [-0.25, -0.2) is 0 Å². The van der Waals surface area contributed by atoms with Crippen molar-refractivity contribution in [3.63, 3.8) is 0 Å².